The van der Waals surface area contributed by atoms with Gasteiger partial charge in [0.25, 0.3) is 11.8 Å². The SMILES string of the molecule is O=C1Cc2c(NC(=O)c3ccccc3)cnn2C(C2CCNCC2)=N1. The Bertz CT molecular complexity index is 834. The van der Waals surface area contributed by atoms with Gasteiger partial charge in [0.05, 0.1) is 24.0 Å². The van der Waals surface area contributed by atoms with E-state index in [1.807, 2.05) is 18.2 Å². The predicted octanol–water partition coefficient (Wildman–Crippen LogP) is 1.46. The van der Waals surface area contributed by atoms with Gasteiger partial charge in [0.1, 0.15) is 5.84 Å². The molecular formula is C18H19N5O2. The monoisotopic (exact) mass is 337 g/mol. The summed E-state index contributed by atoms with van der Waals surface area (Å²) in [5.74, 6) is 0.515. The maximum Gasteiger partial charge on any atom is 0.255 e. The Morgan fingerprint density at radius 2 is 1.96 bits per heavy atom. The van der Waals surface area contributed by atoms with E-state index in [0.717, 1.165) is 25.9 Å². The van der Waals surface area contributed by atoms with Gasteiger partial charge in [-0.25, -0.2) is 4.68 Å². The van der Waals surface area contributed by atoms with Crippen molar-refractivity contribution in [2.75, 3.05) is 18.4 Å². The number of hydrogen-bond acceptors (Lipinski definition) is 4. The summed E-state index contributed by atoms with van der Waals surface area (Å²) in [6, 6.07) is 8.98. The molecule has 0 unspecified atom stereocenters. The lowest BCUT2D eigenvalue weighted by Crippen LogP contribution is -2.38. The van der Waals surface area contributed by atoms with Gasteiger partial charge >= 0.3 is 0 Å². The maximum absolute atomic E-state index is 12.4. The first-order chi connectivity index (χ1) is 12.2. The van der Waals surface area contributed by atoms with Gasteiger partial charge in [-0.15, -0.1) is 0 Å². The van der Waals surface area contributed by atoms with E-state index < -0.39 is 0 Å². The second-order valence-electron chi connectivity index (χ2n) is 6.30. The summed E-state index contributed by atoms with van der Waals surface area (Å²) in [5, 5.41) is 10.6. The fourth-order valence-electron chi connectivity index (χ4n) is 3.33. The molecule has 0 bridgehead atoms. The number of amides is 2. The molecule has 1 aromatic carbocycles. The van der Waals surface area contributed by atoms with Crippen LogP contribution in [0.3, 0.4) is 0 Å². The molecular weight excluding hydrogens is 318 g/mol. The average Bonchev–Trinajstić information content (AvgIpc) is 3.05. The Morgan fingerprint density at radius 1 is 1.20 bits per heavy atom. The third-order valence-corrected chi connectivity index (χ3v) is 4.63. The van der Waals surface area contributed by atoms with Crippen LogP contribution < -0.4 is 10.6 Å². The van der Waals surface area contributed by atoms with Crippen molar-refractivity contribution in [3.05, 3.63) is 47.8 Å². The van der Waals surface area contributed by atoms with Gasteiger partial charge in [-0.1, -0.05) is 18.2 Å². The minimum atomic E-state index is -0.213. The maximum atomic E-state index is 12.4. The van der Waals surface area contributed by atoms with E-state index in [0.29, 0.717) is 22.8 Å². The predicted molar refractivity (Wildman–Crippen MR) is 93.8 cm³/mol. The molecule has 2 amide bonds. The lowest BCUT2D eigenvalue weighted by molar-refractivity contribution is -0.117. The Labute approximate surface area is 145 Å². The van der Waals surface area contributed by atoms with Crippen LogP contribution in [0.2, 0.25) is 0 Å². The van der Waals surface area contributed by atoms with Crippen molar-refractivity contribution in [3.8, 4) is 0 Å². The van der Waals surface area contributed by atoms with Crippen molar-refractivity contribution >= 4 is 23.3 Å². The third-order valence-electron chi connectivity index (χ3n) is 4.63. The fraction of sp³-hybridized carbons (Fsp3) is 0.333. The molecule has 128 valence electrons. The molecule has 2 N–H and O–H groups in total. The molecule has 2 aromatic rings. The van der Waals surface area contributed by atoms with Gasteiger partial charge in [0, 0.05) is 11.5 Å². The van der Waals surface area contributed by atoms with Gasteiger partial charge < -0.3 is 10.6 Å². The highest BCUT2D eigenvalue weighted by Crippen LogP contribution is 2.25. The zero-order valence-corrected chi connectivity index (χ0v) is 13.7. The lowest BCUT2D eigenvalue weighted by atomic mass is 9.96. The van der Waals surface area contributed by atoms with Crippen molar-refractivity contribution in [2.24, 2.45) is 10.9 Å². The van der Waals surface area contributed by atoms with Crippen LogP contribution in [-0.2, 0) is 11.2 Å². The zero-order chi connectivity index (χ0) is 17.2. The third kappa shape index (κ3) is 3.10. The molecule has 1 saturated heterocycles. The minimum Gasteiger partial charge on any atom is -0.319 e. The normalized spacial score (nSPS) is 17.8. The molecule has 4 rings (SSSR count). The topological polar surface area (TPSA) is 88.4 Å². The number of carbonyl (C=O) groups is 2. The van der Waals surface area contributed by atoms with Crippen LogP contribution in [0.5, 0.6) is 0 Å². The van der Waals surface area contributed by atoms with Crippen LogP contribution in [0.1, 0.15) is 28.9 Å². The first kappa shape index (κ1) is 15.7. The van der Waals surface area contributed by atoms with Crippen LogP contribution in [-0.4, -0.2) is 40.5 Å². The largest absolute Gasteiger partial charge is 0.319 e. The number of piperidine rings is 1. The Morgan fingerprint density at radius 3 is 2.72 bits per heavy atom. The van der Waals surface area contributed by atoms with Crippen molar-refractivity contribution in [2.45, 2.75) is 19.3 Å². The molecule has 2 aliphatic heterocycles. The number of carbonyl (C=O) groups excluding carboxylic acids is 2. The number of benzene rings is 1. The number of aromatic nitrogens is 2. The van der Waals surface area contributed by atoms with Crippen LogP contribution in [0.25, 0.3) is 0 Å². The fourth-order valence-corrected chi connectivity index (χ4v) is 3.33. The van der Waals surface area contributed by atoms with E-state index >= 15 is 0 Å². The Hall–Kier alpha value is -2.80. The number of aliphatic imine (C=N–C) groups is 1. The first-order valence-corrected chi connectivity index (χ1v) is 8.48. The van der Waals surface area contributed by atoms with Gasteiger partial charge in [0.2, 0.25) is 0 Å². The minimum absolute atomic E-state index is 0.152. The molecule has 1 aromatic heterocycles. The van der Waals surface area contributed by atoms with Crippen LogP contribution in [0.15, 0.2) is 41.5 Å². The van der Waals surface area contributed by atoms with Gasteiger partial charge in [-0.05, 0) is 38.1 Å². The summed E-state index contributed by atoms with van der Waals surface area (Å²) in [6.07, 6.45) is 3.61. The van der Waals surface area contributed by atoms with E-state index in [4.69, 9.17) is 0 Å². The van der Waals surface area contributed by atoms with Crippen LogP contribution in [0, 0.1) is 5.92 Å². The number of rotatable bonds is 3. The average molecular weight is 337 g/mol. The molecule has 0 spiro atoms. The standard InChI is InChI=1S/C18H19N5O2/c24-16-10-15-14(21-18(25)13-4-2-1-3-5-13)11-20-23(15)17(22-16)12-6-8-19-9-7-12/h1-5,11-12,19H,6-10H2,(H,21,25). The molecule has 0 radical (unpaired) electrons. The van der Waals surface area contributed by atoms with Crippen molar-refractivity contribution < 1.29 is 9.59 Å². The highest BCUT2D eigenvalue weighted by Gasteiger charge is 2.29. The van der Waals surface area contributed by atoms with Crippen molar-refractivity contribution in [1.29, 1.82) is 0 Å². The lowest BCUT2D eigenvalue weighted by Gasteiger charge is -2.26. The molecule has 0 atom stereocenters. The van der Waals surface area contributed by atoms with Crippen LogP contribution >= 0.6 is 0 Å². The quantitative estimate of drug-likeness (QED) is 0.887. The van der Waals surface area contributed by atoms with E-state index in [9.17, 15) is 9.59 Å². The number of nitrogens with zero attached hydrogens (tertiary/aromatic N) is 3. The molecule has 1 fully saturated rings. The van der Waals surface area contributed by atoms with Gasteiger partial charge in [-0.2, -0.15) is 10.1 Å². The number of fused-ring (bicyclic) bond motifs is 1. The molecule has 2 aliphatic rings. The smallest absolute Gasteiger partial charge is 0.255 e. The summed E-state index contributed by atoms with van der Waals surface area (Å²) in [4.78, 5) is 28.8. The molecule has 7 heteroatoms. The van der Waals surface area contributed by atoms with Gasteiger partial charge in [0.15, 0.2) is 0 Å². The molecule has 3 heterocycles. The van der Waals surface area contributed by atoms with E-state index in [-0.39, 0.29) is 24.2 Å². The summed E-state index contributed by atoms with van der Waals surface area (Å²) < 4.78 is 1.73. The summed E-state index contributed by atoms with van der Waals surface area (Å²) in [7, 11) is 0. The summed E-state index contributed by atoms with van der Waals surface area (Å²) >= 11 is 0. The van der Waals surface area contributed by atoms with Crippen molar-refractivity contribution in [1.82, 2.24) is 15.1 Å². The first-order valence-electron chi connectivity index (χ1n) is 8.48. The highest BCUT2D eigenvalue weighted by molar-refractivity contribution is 6.06. The second kappa shape index (κ2) is 6.60. The van der Waals surface area contributed by atoms with E-state index in [2.05, 4.69) is 20.7 Å². The number of hydrogen-bond donors (Lipinski definition) is 2. The van der Waals surface area contributed by atoms with E-state index in [1.54, 1.807) is 23.0 Å². The molecule has 7 nitrogen and oxygen atoms in total. The molecule has 25 heavy (non-hydrogen) atoms. The summed E-state index contributed by atoms with van der Waals surface area (Å²) in [6.45, 7) is 1.82. The highest BCUT2D eigenvalue weighted by atomic mass is 16.2. The Balaban J connectivity index is 1.61. The number of anilines is 1. The zero-order valence-electron chi connectivity index (χ0n) is 13.7. The van der Waals surface area contributed by atoms with Crippen molar-refractivity contribution in [3.63, 3.8) is 0 Å². The molecule has 0 saturated carbocycles. The van der Waals surface area contributed by atoms with Gasteiger partial charge in [-0.3, -0.25) is 9.59 Å². The summed E-state index contributed by atoms with van der Waals surface area (Å²) in [5.41, 5.74) is 1.85. The van der Waals surface area contributed by atoms with Crippen LogP contribution in [0.4, 0.5) is 5.69 Å². The Kier molecular flexibility index (Phi) is 4.15. The molecule has 0 aliphatic carbocycles. The van der Waals surface area contributed by atoms with E-state index in [1.165, 1.54) is 0 Å². The number of nitrogens with one attached hydrogen (secondary N) is 2. The second-order valence-corrected chi connectivity index (χ2v) is 6.30.